The molecule has 2 aromatic carbocycles. The van der Waals surface area contributed by atoms with Gasteiger partial charge in [-0.25, -0.2) is 9.37 Å². The minimum atomic E-state index is -0.335. The first-order valence-corrected chi connectivity index (χ1v) is 8.57. The van der Waals surface area contributed by atoms with Crippen molar-refractivity contribution in [1.29, 1.82) is 0 Å². The molecule has 5 nitrogen and oxygen atoms in total. The molecule has 0 saturated carbocycles. The Labute approximate surface area is 157 Å². The summed E-state index contributed by atoms with van der Waals surface area (Å²) in [6.07, 6.45) is 1.46. The number of carbonyl (C=O) groups is 1. The summed E-state index contributed by atoms with van der Waals surface area (Å²) in [7, 11) is 0. The fourth-order valence-corrected chi connectivity index (χ4v) is 2.44. The van der Waals surface area contributed by atoms with Gasteiger partial charge in [0.25, 0.3) is 5.91 Å². The van der Waals surface area contributed by atoms with Crippen LogP contribution in [0.25, 0.3) is 0 Å². The van der Waals surface area contributed by atoms with Crippen molar-refractivity contribution in [3.05, 3.63) is 78.2 Å². The van der Waals surface area contributed by atoms with Gasteiger partial charge in [0, 0.05) is 11.9 Å². The SMILES string of the molecule is CC(C)Oc1ccccc1NC(=O)c1ccc(Nc2cccc(F)c2)nc1. The van der Waals surface area contributed by atoms with Gasteiger partial charge in [-0.1, -0.05) is 18.2 Å². The zero-order chi connectivity index (χ0) is 19.2. The average Bonchev–Trinajstić information content (AvgIpc) is 2.63. The maximum absolute atomic E-state index is 13.2. The van der Waals surface area contributed by atoms with Crippen molar-refractivity contribution >= 4 is 23.1 Å². The van der Waals surface area contributed by atoms with Crippen LogP contribution < -0.4 is 15.4 Å². The van der Waals surface area contributed by atoms with Gasteiger partial charge >= 0.3 is 0 Å². The van der Waals surface area contributed by atoms with E-state index in [2.05, 4.69) is 15.6 Å². The van der Waals surface area contributed by atoms with Crippen molar-refractivity contribution < 1.29 is 13.9 Å². The summed E-state index contributed by atoms with van der Waals surface area (Å²) in [5.41, 5.74) is 1.58. The van der Waals surface area contributed by atoms with Crippen LogP contribution in [0, 0.1) is 5.82 Å². The Hall–Kier alpha value is -3.41. The second-order valence-electron chi connectivity index (χ2n) is 6.18. The number of nitrogens with one attached hydrogen (secondary N) is 2. The maximum atomic E-state index is 13.2. The Bertz CT molecular complexity index is 927. The summed E-state index contributed by atoms with van der Waals surface area (Å²) in [5, 5.41) is 5.82. The summed E-state index contributed by atoms with van der Waals surface area (Å²) in [5.74, 6) is 0.497. The molecule has 2 N–H and O–H groups in total. The van der Waals surface area contributed by atoms with Crippen LogP contribution in [0.15, 0.2) is 66.9 Å². The predicted octanol–water partition coefficient (Wildman–Crippen LogP) is 5.00. The summed E-state index contributed by atoms with van der Waals surface area (Å²) in [6, 6.07) is 16.7. The summed E-state index contributed by atoms with van der Waals surface area (Å²) >= 11 is 0. The van der Waals surface area contributed by atoms with E-state index in [0.29, 0.717) is 28.5 Å². The lowest BCUT2D eigenvalue weighted by molar-refractivity contribution is 0.102. The smallest absolute Gasteiger partial charge is 0.257 e. The molecule has 138 valence electrons. The van der Waals surface area contributed by atoms with Crippen LogP contribution in [0.1, 0.15) is 24.2 Å². The van der Waals surface area contributed by atoms with Crippen molar-refractivity contribution in [3.8, 4) is 5.75 Å². The molecular weight excluding hydrogens is 345 g/mol. The third-order valence-corrected chi connectivity index (χ3v) is 3.62. The molecule has 1 heterocycles. The molecule has 1 aromatic heterocycles. The number of aromatic nitrogens is 1. The van der Waals surface area contributed by atoms with E-state index in [9.17, 15) is 9.18 Å². The number of amides is 1. The number of ether oxygens (including phenoxy) is 1. The van der Waals surface area contributed by atoms with Crippen molar-refractivity contribution in [2.45, 2.75) is 20.0 Å². The minimum absolute atomic E-state index is 0.00194. The van der Waals surface area contributed by atoms with Gasteiger partial charge in [-0.3, -0.25) is 4.79 Å². The van der Waals surface area contributed by atoms with E-state index in [4.69, 9.17) is 4.74 Å². The van der Waals surface area contributed by atoms with Crippen LogP contribution in [0.4, 0.5) is 21.6 Å². The zero-order valence-electron chi connectivity index (χ0n) is 15.1. The Morgan fingerprint density at radius 1 is 1.07 bits per heavy atom. The Morgan fingerprint density at radius 2 is 1.89 bits per heavy atom. The third-order valence-electron chi connectivity index (χ3n) is 3.62. The lowest BCUT2D eigenvalue weighted by atomic mass is 10.2. The number of rotatable bonds is 6. The lowest BCUT2D eigenvalue weighted by Crippen LogP contribution is -2.14. The highest BCUT2D eigenvalue weighted by Crippen LogP contribution is 2.25. The molecule has 0 aliphatic rings. The van der Waals surface area contributed by atoms with Gasteiger partial charge in [0.15, 0.2) is 0 Å². The summed E-state index contributed by atoms with van der Waals surface area (Å²) in [6.45, 7) is 3.85. The van der Waals surface area contributed by atoms with Crippen molar-refractivity contribution in [1.82, 2.24) is 4.98 Å². The maximum Gasteiger partial charge on any atom is 0.257 e. The molecular formula is C21H20FN3O2. The van der Waals surface area contributed by atoms with Crippen LogP contribution in [0.3, 0.4) is 0 Å². The first-order valence-electron chi connectivity index (χ1n) is 8.57. The molecule has 0 spiro atoms. The molecule has 0 radical (unpaired) electrons. The molecule has 0 atom stereocenters. The molecule has 0 fully saturated rings. The van der Waals surface area contributed by atoms with Gasteiger partial charge in [0.05, 0.1) is 17.4 Å². The molecule has 0 unspecified atom stereocenters. The van der Waals surface area contributed by atoms with E-state index in [1.165, 1.54) is 18.3 Å². The molecule has 0 aliphatic heterocycles. The summed E-state index contributed by atoms with van der Waals surface area (Å²) in [4.78, 5) is 16.7. The molecule has 3 rings (SSSR count). The van der Waals surface area contributed by atoms with Gasteiger partial charge in [-0.2, -0.15) is 0 Å². The van der Waals surface area contributed by atoms with Crippen LogP contribution >= 0.6 is 0 Å². The lowest BCUT2D eigenvalue weighted by Gasteiger charge is -2.14. The standard InChI is InChI=1S/C21H20FN3O2/c1-14(2)27-19-9-4-3-8-18(19)25-21(26)15-10-11-20(23-13-15)24-17-7-5-6-16(22)12-17/h3-14H,1-2H3,(H,23,24)(H,25,26). The highest BCUT2D eigenvalue weighted by molar-refractivity contribution is 6.04. The third kappa shape index (κ3) is 5.04. The first-order chi connectivity index (χ1) is 13.0. The van der Waals surface area contributed by atoms with E-state index in [0.717, 1.165) is 0 Å². The topological polar surface area (TPSA) is 63.2 Å². The van der Waals surface area contributed by atoms with Crippen LogP contribution in [0.5, 0.6) is 5.75 Å². The largest absolute Gasteiger partial charge is 0.489 e. The number of hydrogen-bond acceptors (Lipinski definition) is 4. The van der Waals surface area contributed by atoms with Crippen molar-refractivity contribution in [2.24, 2.45) is 0 Å². The number of halogens is 1. The number of hydrogen-bond donors (Lipinski definition) is 2. The van der Waals surface area contributed by atoms with Gasteiger partial charge in [-0.05, 0) is 56.3 Å². The van der Waals surface area contributed by atoms with E-state index < -0.39 is 0 Å². The fourth-order valence-electron chi connectivity index (χ4n) is 2.44. The molecule has 27 heavy (non-hydrogen) atoms. The number of pyridine rings is 1. The van der Waals surface area contributed by atoms with Crippen LogP contribution in [-0.4, -0.2) is 17.0 Å². The molecule has 1 amide bonds. The van der Waals surface area contributed by atoms with Crippen LogP contribution in [-0.2, 0) is 0 Å². The Kier molecular flexibility index (Phi) is 5.66. The average molecular weight is 365 g/mol. The Balaban J connectivity index is 1.69. The number of carbonyl (C=O) groups excluding carboxylic acids is 1. The highest BCUT2D eigenvalue weighted by atomic mass is 19.1. The van der Waals surface area contributed by atoms with E-state index in [1.54, 1.807) is 36.4 Å². The van der Waals surface area contributed by atoms with E-state index >= 15 is 0 Å². The molecule has 0 bridgehead atoms. The van der Waals surface area contributed by atoms with Crippen molar-refractivity contribution in [2.75, 3.05) is 10.6 Å². The van der Waals surface area contributed by atoms with Gasteiger partial charge in [-0.15, -0.1) is 0 Å². The number of benzene rings is 2. The van der Waals surface area contributed by atoms with Crippen LogP contribution in [0.2, 0.25) is 0 Å². The number of nitrogens with zero attached hydrogens (tertiary/aromatic N) is 1. The first kappa shape index (κ1) is 18.4. The minimum Gasteiger partial charge on any atom is -0.489 e. The fraction of sp³-hybridized carbons (Fsp3) is 0.143. The predicted molar refractivity (Wildman–Crippen MR) is 104 cm³/mol. The van der Waals surface area contributed by atoms with E-state index in [1.807, 2.05) is 26.0 Å². The molecule has 3 aromatic rings. The normalized spacial score (nSPS) is 10.5. The van der Waals surface area contributed by atoms with Gasteiger partial charge < -0.3 is 15.4 Å². The van der Waals surface area contributed by atoms with Gasteiger partial charge in [0.1, 0.15) is 17.4 Å². The molecule has 0 saturated heterocycles. The number of anilines is 3. The molecule has 6 heteroatoms. The van der Waals surface area contributed by atoms with Gasteiger partial charge in [0.2, 0.25) is 0 Å². The summed E-state index contributed by atoms with van der Waals surface area (Å²) < 4.78 is 18.9. The zero-order valence-corrected chi connectivity index (χ0v) is 15.1. The van der Waals surface area contributed by atoms with E-state index in [-0.39, 0.29) is 17.8 Å². The number of para-hydroxylation sites is 2. The van der Waals surface area contributed by atoms with Crippen molar-refractivity contribution in [3.63, 3.8) is 0 Å². The monoisotopic (exact) mass is 365 g/mol. The highest BCUT2D eigenvalue weighted by Gasteiger charge is 2.11. The second-order valence-corrected chi connectivity index (χ2v) is 6.18. The Morgan fingerprint density at radius 3 is 2.59 bits per heavy atom. The second kappa shape index (κ2) is 8.31. The quantitative estimate of drug-likeness (QED) is 0.645. The molecule has 0 aliphatic carbocycles.